The van der Waals surface area contributed by atoms with Crippen LogP contribution in [-0.4, -0.2) is 25.7 Å². The van der Waals surface area contributed by atoms with E-state index in [2.05, 4.69) is 10.3 Å². The number of aromatic nitrogens is 2. The molecule has 112 valence electrons. The number of aromatic hydroxyl groups is 2. The van der Waals surface area contributed by atoms with Crippen LogP contribution in [0.2, 0.25) is 5.02 Å². The molecule has 0 aliphatic rings. The first-order valence-electron chi connectivity index (χ1n) is 6.15. The molecule has 3 aromatic rings. The maximum absolute atomic E-state index is 11.9. The third kappa shape index (κ3) is 2.63. The molecule has 6 nitrogen and oxygen atoms in total. The van der Waals surface area contributed by atoms with Gasteiger partial charge in [0.25, 0.3) is 5.91 Å². The number of nitrogens with one attached hydrogen (secondary N) is 1. The average molecular weight is 336 g/mol. The van der Waals surface area contributed by atoms with Crippen molar-refractivity contribution in [3.05, 3.63) is 51.9 Å². The van der Waals surface area contributed by atoms with Gasteiger partial charge in [-0.1, -0.05) is 11.6 Å². The summed E-state index contributed by atoms with van der Waals surface area (Å²) in [5.41, 5.74) is 2.78. The summed E-state index contributed by atoms with van der Waals surface area (Å²) in [6, 6.07) is 7.43. The van der Waals surface area contributed by atoms with Crippen molar-refractivity contribution in [3.8, 4) is 17.4 Å². The Morgan fingerprint density at radius 1 is 1.23 bits per heavy atom. The van der Waals surface area contributed by atoms with E-state index in [0.29, 0.717) is 17.1 Å². The lowest BCUT2D eigenvalue weighted by Crippen LogP contribution is -2.12. The summed E-state index contributed by atoms with van der Waals surface area (Å²) >= 11 is 7.49. The van der Waals surface area contributed by atoms with Crippen LogP contribution in [-0.2, 0) is 0 Å². The number of carbonyl (C=O) groups is 1. The van der Waals surface area contributed by atoms with Gasteiger partial charge >= 0.3 is 0 Å². The standard InChI is InChI=1S/C14H10ClN3O3S/c15-9-5-8(17-14(21)10-6-22-7-16-10)1-2-11(9)18-12(19)3-4-13(18)20/h1-7,19-20H,(H,17,21). The quantitative estimate of drug-likeness (QED) is 0.685. The minimum atomic E-state index is -0.336. The number of hydrogen-bond acceptors (Lipinski definition) is 5. The Kier molecular flexibility index (Phi) is 3.74. The number of halogens is 1. The highest BCUT2D eigenvalue weighted by molar-refractivity contribution is 7.07. The fourth-order valence-corrected chi connectivity index (χ4v) is 2.75. The van der Waals surface area contributed by atoms with Gasteiger partial charge in [0.05, 0.1) is 16.2 Å². The number of amides is 1. The van der Waals surface area contributed by atoms with E-state index in [9.17, 15) is 15.0 Å². The van der Waals surface area contributed by atoms with E-state index >= 15 is 0 Å². The van der Waals surface area contributed by atoms with Crippen molar-refractivity contribution in [2.45, 2.75) is 0 Å². The molecule has 3 N–H and O–H groups in total. The lowest BCUT2D eigenvalue weighted by Gasteiger charge is -2.11. The maximum atomic E-state index is 11.9. The predicted molar refractivity (Wildman–Crippen MR) is 84.2 cm³/mol. The van der Waals surface area contributed by atoms with E-state index in [1.54, 1.807) is 23.0 Å². The summed E-state index contributed by atoms with van der Waals surface area (Å²) < 4.78 is 1.19. The van der Waals surface area contributed by atoms with Gasteiger partial charge in [0.15, 0.2) is 11.8 Å². The zero-order valence-corrected chi connectivity index (χ0v) is 12.6. The first-order chi connectivity index (χ1) is 10.6. The number of benzene rings is 1. The van der Waals surface area contributed by atoms with E-state index in [0.717, 1.165) is 0 Å². The number of thiazole rings is 1. The molecule has 0 saturated carbocycles. The van der Waals surface area contributed by atoms with E-state index < -0.39 is 0 Å². The molecule has 0 bridgehead atoms. The van der Waals surface area contributed by atoms with Crippen molar-refractivity contribution in [1.82, 2.24) is 9.55 Å². The van der Waals surface area contributed by atoms with Crippen molar-refractivity contribution in [2.24, 2.45) is 0 Å². The van der Waals surface area contributed by atoms with Gasteiger partial charge in [0, 0.05) is 23.2 Å². The number of anilines is 1. The normalized spacial score (nSPS) is 10.6. The number of nitrogens with zero attached hydrogens (tertiary/aromatic N) is 2. The van der Waals surface area contributed by atoms with Gasteiger partial charge in [0.2, 0.25) is 0 Å². The van der Waals surface area contributed by atoms with Gasteiger partial charge in [-0.3, -0.25) is 9.36 Å². The van der Waals surface area contributed by atoms with Crippen LogP contribution in [0.25, 0.3) is 5.69 Å². The summed E-state index contributed by atoms with van der Waals surface area (Å²) in [5, 5.41) is 24.0. The third-order valence-corrected chi connectivity index (χ3v) is 3.84. The number of hydrogen-bond donors (Lipinski definition) is 3. The molecule has 0 atom stereocenters. The van der Waals surface area contributed by atoms with Crippen molar-refractivity contribution >= 4 is 34.5 Å². The molecule has 0 spiro atoms. The molecular formula is C14H10ClN3O3S. The second-order valence-corrected chi connectivity index (χ2v) is 5.51. The zero-order valence-electron chi connectivity index (χ0n) is 11.0. The van der Waals surface area contributed by atoms with Crippen LogP contribution in [0, 0.1) is 0 Å². The summed E-state index contributed by atoms with van der Waals surface area (Å²) in [6.45, 7) is 0. The molecule has 0 radical (unpaired) electrons. The molecule has 1 aromatic carbocycles. The minimum Gasteiger partial charge on any atom is -0.494 e. The van der Waals surface area contributed by atoms with Crippen molar-refractivity contribution in [1.29, 1.82) is 0 Å². The van der Waals surface area contributed by atoms with Gasteiger partial charge < -0.3 is 15.5 Å². The lowest BCUT2D eigenvalue weighted by molar-refractivity contribution is 0.102. The highest BCUT2D eigenvalue weighted by Crippen LogP contribution is 2.32. The molecule has 0 unspecified atom stereocenters. The second kappa shape index (κ2) is 5.70. The molecule has 0 aliphatic heterocycles. The molecular weight excluding hydrogens is 326 g/mol. The highest BCUT2D eigenvalue weighted by atomic mass is 35.5. The molecule has 0 saturated heterocycles. The van der Waals surface area contributed by atoms with Gasteiger partial charge in [-0.25, -0.2) is 4.98 Å². The Hall–Kier alpha value is -2.51. The van der Waals surface area contributed by atoms with E-state index in [4.69, 9.17) is 11.6 Å². The summed E-state index contributed by atoms with van der Waals surface area (Å²) in [7, 11) is 0. The molecule has 0 fully saturated rings. The van der Waals surface area contributed by atoms with Crippen molar-refractivity contribution in [2.75, 3.05) is 5.32 Å². The smallest absolute Gasteiger partial charge is 0.275 e. The summed E-state index contributed by atoms with van der Waals surface area (Å²) in [4.78, 5) is 15.8. The minimum absolute atomic E-state index is 0.140. The zero-order chi connectivity index (χ0) is 15.7. The first kappa shape index (κ1) is 14.4. The van der Waals surface area contributed by atoms with Crippen LogP contribution in [0.3, 0.4) is 0 Å². The number of carbonyl (C=O) groups excluding carboxylic acids is 1. The Morgan fingerprint density at radius 2 is 1.95 bits per heavy atom. The lowest BCUT2D eigenvalue weighted by atomic mass is 10.2. The Labute approximate surface area is 134 Å². The topological polar surface area (TPSA) is 87.4 Å². The molecule has 2 heterocycles. The molecule has 3 rings (SSSR count). The van der Waals surface area contributed by atoms with E-state index in [1.165, 1.54) is 34.1 Å². The van der Waals surface area contributed by atoms with Crippen LogP contribution in [0.4, 0.5) is 5.69 Å². The van der Waals surface area contributed by atoms with Crippen LogP contribution in [0.1, 0.15) is 10.5 Å². The van der Waals surface area contributed by atoms with Crippen LogP contribution in [0.5, 0.6) is 11.8 Å². The van der Waals surface area contributed by atoms with E-state index in [-0.39, 0.29) is 22.7 Å². The highest BCUT2D eigenvalue weighted by Gasteiger charge is 2.13. The Morgan fingerprint density at radius 3 is 2.55 bits per heavy atom. The van der Waals surface area contributed by atoms with Crippen molar-refractivity contribution in [3.63, 3.8) is 0 Å². The predicted octanol–water partition coefficient (Wildman–Crippen LogP) is 3.25. The molecule has 0 aliphatic carbocycles. The van der Waals surface area contributed by atoms with Crippen LogP contribution < -0.4 is 5.32 Å². The van der Waals surface area contributed by atoms with Gasteiger partial charge in [0.1, 0.15) is 5.69 Å². The largest absolute Gasteiger partial charge is 0.494 e. The Bertz CT molecular complexity index is 810. The fraction of sp³-hybridized carbons (Fsp3) is 0. The summed E-state index contributed by atoms with van der Waals surface area (Å²) in [5.74, 6) is -0.617. The third-order valence-electron chi connectivity index (χ3n) is 2.95. The van der Waals surface area contributed by atoms with Crippen LogP contribution >= 0.6 is 22.9 Å². The average Bonchev–Trinajstić information content (AvgIpc) is 3.11. The van der Waals surface area contributed by atoms with Crippen LogP contribution in [0.15, 0.2) is 41.2 Å². The second-order valence-electron chi connectivity index (χ2n) is 4.38. The maximum Gasteiger partial charge on any atom is 0.275 e. The van der Waals surface area contributed by atoms with Gasteiger partial charge in [-0.2, -0.15) is 0 Å². The number of rotatable bonds is 3. The fourth-order valence-electron chi connectivity index (χ4n) is 1.95. The molecule has 22 heavy (non-hydrogen) atoms. The summed E-state index contributed by atoms with van der Waals surface area (Å²) in [6.07, 6.45) is 0. The van der Waals surface area contributed by atoms with Gasteiger partial charge in [-0.15, -0.1) is 11.3 Å². The van der Waals surface area contributed by atoms with Crippen molar-refractivity contribution < 1.29 is 15.0 Å². The molecule has 2 aromatic heterocycles. The van der Waals surface area contributed by atoms with E-state index in [1.807, 2.05) is 0 Å². The SMILES string of the molecule is O=C(Nc1ccc(-n2c(O)ccc2O)c(Cl)c1)c1cscn1. The first-order valence-corrected chi connectivity index (χ1v) is 7.47. The monoisotopic (exact) mass is 335 g/mol. The Balaban J connectivity index is 1.88. The van der Waals surface area contributed by atoms with Gasteiger partial charge in [-0.05, 0) is 18.2 Å². The molecule has 1 amide bonds. The molecule has 8 heteroatoms.